The summed E-state index contributed by atoms with van der Waals surface area (Å²) in [5, 5.41) is 11.8. The summed E-state index contributed by atoms with van der Waals surface area (Å²) in [7, 11) is 0. The molecule has 0 spiro atoms. The lowest BCUT2D eigenvalue weighted by Gasteiger charge is -2.05. The molecule has 0 unspecified atom stereocenters. The second-order valence-corrected chi connectivity index (χ2v) is 7.14. The zero-order chi connectivity index (χ0) is 12.4. The monoisotopic (exact) mass is 343 g/mol. The number of aryl methyl sites for hydroxylation is 1. The molecule has 18 heavy (non-hydrogen) atoms. The molecule has 0 amide bonds. The summed E-state index contributed by atoms with van der Waals surface area (Å²) in [5.41, 5.74) is 0. The van der Waals surface area contributed by atoms with E-state index in [-0.39, 0.29) is 0 Å². The molecule has 0 fully saturated rings. The van der Waals surface area contributed by atoms with Gasteiger partial charge < -0.3 is 4.57 Å². The normalized spacial score (nSPS) is 15.4. The minimum absolute atomic E-state index is 0.969. The molecule has 0 aliphatic carbocycles. The molecule has 0 saturated heterocycles. The number of halogens is 1. The zero-order valence-electron chi connectivity index (χ0n) is 9.93. The predicted molar refractivity (Wildman–Crippen MR) is 79.2 cm³/mol. The number of thiophene rings is 1. The highest BCUT2D eigenvalue weighted by atomic mass is 79.9. The van der Waals surface area contributed by atoms with Crippen LogP contribution in [0.4, 0.5) is 0 Å². The maximum Gasteiger partial charge on any atom is 0.191 e. The van der Waals surface area contributed by atoms with E-state index in [1.165, 1.54) is 34.4 Å². The van der Waals surface area contributed by atoms with Gasteiger partial charge in [0.2, 0.25) is 0 Å². The highest BCUT2D eigenvalue weighted by Crippen LogP contribution is 2.30. The Morgan fingerprint density at radius 3 is 3.11 bits per heavy atom. The van der Waals surface area contributed by atoms with Gasteiger partial charge in [-0.25, -0.2) is 0 Å². The summed E-state index contributed by atoms with van der Waals surface area (Å²) in [6.45, 7) is 1.08. The van der Waals surface area contributed by atoms with Crippen molar-refractivity contribution in [1.82, 2.24) is 14.8 Å². The van der Waals surface area contributed by atoms with Crippen molar-refractivity contribution in [2.24, 2.45) is 0 Å². The maximum atomic E-state index is 4.33. The third kappa shape index (κ3) is 2.65. The van der Waals surface area contributed by atoms with Gasteiger partial charge in [0, 0.05) is 28.1 Å². The lowest BCUT2D eigenvalue weighted by Crippen LogP contribution is -2.02. The van der Waals surface area contributed by atoms with Gasteiger partial charge >= 0.3 is 0 Å². The average Bonchev–Trinajstić information content (AvgIpc) is 2.86. The van der Waals surface area contributed by atoms with Crippen LogP contribution in [0.1, 0.15) is 30.0 Å². The van der Waals surface area contributed by atoms with E-state index in [1.807, 2.05) is 0 Å². The Kier molecular flexibility index (Phi) is 4.06. The van der Waals surface area contributed by atoms with Crippen molar-refractivity contribution in [3.8, 4) is 0 Å². The van der Waals surface area contributed by atoms with Gasteiger partial charge in [-0.15, -0.1) is 21.5 Å². The van der Waals surface area contributed by atoms with Gasteiger partial charge in [-0.05, 0) is 40.2 Å². The van der Waals surface area contributed by atoms with Gasteiger partial charge in [-0.1, -0.05) is 18.2 Å². The van der Waals surface area contributed by atoms with Crippen LogP contribution in [0.5, 0.6) is 0 Å². The summed E-state index contributed by atoms with van der Waals surface area (Å²) < 4.78 is 3.51. The second-order valence-electron chi connectivity index (χ2n) is 4.34. The number of fused-ring (bicyclic) bond motifs is 1. The first-order valence-corrected chi connectivity index (χ1v) is 8.77. The van der Waals surface area contributed by atoms with Crippen LogP contribution >= 0.6 is 39.0 Å². The van der Waals surface area contributed by atoms with Crippen LogP contribution in [-0.2, 0) is 18.7 Å². The van der Waals surface area contributed by atoms with Crippen molar-refractivity contribution < 1.29 is 0 Å². The fourth-order valence-corrected chi connectivity index (χ4v) is 4.90. The lowest BCUT2D eigenvalue weighted by molar-refractivity contribution is 0.591. The molecule has 3 nitrogen and oxygen atoms in total. The van der Waals surface area contributed by atoms with Gasteiger partial charge in [0.1, 0.15) is 5.82 Å². The van der Waals surface area contributed by atoms with Crippen molar-refractivity contribution in [1.29, 1.82) is 0 Å². The smallest absolute Gasteiger partial charge is 0.191 e. The van der Waals surface area contributed by atoms with Crippen LogP contribution in [0, 0.1) is 0 Å². The van der Waals surface area contributed by atoms with Crippen LogP contribution in [0.3, 0.4) is 0 Å². The Morgan fingerprint density at radius 1 is 1.33 bits per heavy atom. The van der Waals surface area contributed by atoms with Gasteiger partial charge in [-0.3, -0.25) is 0 Å². The second kappa shape index (κ2) is 5.75. The quantitative estimate of drug-likeness (QED) is 0.785. The molecule has 2 aromatic rings. The molecule has 3 heterocycles. The SMILES string of the molecule is Brc1ccsc1CSc1nnc2n1CCCCC2. The molecule has 0 N–H and O–H groups in total. The third-order valence-electron chi connectivity index (χ3n) is 3.10. The first kappa shape index (κ1) is 12.7. The Balaban J connectivity index is 1.73. The van der Waals surface area contributed by atoms with Crippen LogP contribution in [0.2, 0.25) is 0 Å². The van der Waals surface area contributed by atoms with Crippen LogP contribution in [0.15, 0.2) is 21.1 Å². The standard InChI is InChI=1S/C12H14BrN3S2/c13-9-5-7-17-10(9)8-18-12-15-14-11-4-2-1-3-6-16(11)12/h5,7H,1-4,6,8H2. The van der Waals surface area contributed by atoms with Crippen LogP contribution in [0.25, 0.3) is 0 Å². The molecule has 2 aromatic heterocycles. The molecule has 0 aromatic carbocycles. The molecule has 3 rings (SSSR count). The van der Waals surface area contributed by atoms with Crippen LogP contribution < -0.4 is 0 Å². The molecule has 0 radical (unpaired) electrons. The minimum Gasteiger partial charge on any atom is -0.306 e. The van der Waals surface area contributed by atoms with E-state index in [2.05, 4.69) is 42.1 Å². The van der Waals surface area contributed by atoms with E-state index in [4.69, 9.17) is 0 Å². The summed E-state index contributed by atoms with van der Waals surface area (Å²) in [4.78, 5) is 1.37. The van der Waals surface area contributed by atoms with Crippen molar-refractivity contribution in [3.63, 3.8) is 0 Å². The van der Waals surface area contributed by atoms with E-state index in [0.717, 1.165) is 23.9 Å². The third-order valence-corrected chi connectivity index (χ3v) is 6.20. The van der Waals surface area contributed by atoms with Gasteiger partial charge in [0.15, 0.2) is 5.16 Å². The minimum atomic E-state index is 0.969. The Labute approximate surface area is 123 Å². The molecule has 1 aliphatic rings. The highest BCUT2D eigenvalue weighted by Gasteiger charge is 2.15. The number of hydrogen-bond donors (Lipinski definition) is 0. The number of hydrogen-bond acceptors (Lipinski definition) is 4. The molecule has 0 saturated carbocycles. The molecule has 0 atom stereocenters. The first-order valence-electron chi connectivity index (χ1n) is 6.11. The molecule has 1 aliphatic heterocycles. The Hall–Kier alpha value is -0.330. The maximum absolute atomic E-state index is 4.33. The Bertz CT molecular complexity index is 535. The molecule has 6 heteroatoms. The first-order chi connectivity index (χ1) is 8.84. The number of nitrogens with zero attached hydrogens (tertiary/aromatic N) is 3. The largest absolute Gasteiger partial charge is 0.306 e. The van der Waals surface area contributed by atoms with Crippen molar-refractivity contribution in [3.05, 3.63) is 26.6 Å². The molecule has 0 bridgehead atoms. The Morgan fingerprint density at radius 2 is 2.28 bits per heavy atom. The summed E-state index contributed by atoms with van der Waals surface area (Å²) in [6, 6.07) is 2.10. The molecule has 96 valence electrons. The van der Waals surface area contributed by atoms with Gasteiger partial charge in [-0.2, -0.15) is 0 Å². The van der Waals surface area contributed by atoms with Crippen molar-refractivity contribution in [2.75, 3.05) is 0 Å². The van der Waals surface area contributed by atoms with Crippen LogP contribution in [-0.4, -0.2) is 14.8 Å². The van der Waals surface area contributed by atoms with Crippen molar-refractivity contribution >= 4 is 39.0 Å². The zero-order valence-corrected chi connectivity index (χ0v) is 13.2. The summed E-state index contributed by atoms with van der Waals surface area (Å²) >= 11 is 7.15. The highest BCUT2D eigenvalue weighted by molar-refractivity contribution is 9.10. The average molecular weight is 344 g/mol. The van der Waals surface area contributed by atoms with Crippen molar-refractivity contribution in [2.45, 2.75) is 43.1 Å². The summed E-state index contributed by atoms with van der Waals surface area (Å²) in [5.74, 6) is 2.14. The van der Waals surface area contributed by atoms with Gasteiger partial charge in [0.25, 0.3) is 0 Å². The fraction of sp³-hybridized carbons (Fsp3) is 0.500. The topological polar surface area (TPSA) is 30.7 Å². The van der Waals surface area contributed by atoms with E-state index >= 15 is 0 Å². The predicted octanol–water partition coefficient (Wildman–Crippen LogP) is 4.12. The fourth-order valence-electron chi connectivity index (χ4n) is 2.12. The molecular weight excluding hydrogens is 330 g/mol. The lowest BCUT2D eigenvalue weighted by atomic mass is 10.2. The number of aromatic nitrogens is 3. The van der Waals surface area contributed by atoms with E-state index in [9.17, 15) is 0 Å². The number of thioether (sulfide) groups is 1. The summed E-state index contributed by atoms with van der Waals surface area (Å²) in [6.07, 6.45) is 4.89. The van der Waals surface area contributed by atoms with E-state index < -0.39 is 0 Å². The number of rotatable bonds is 3. The van der Waals surface area contributed by atoms with Gasteiger partial charge in [0.05, 0.1) is 0 Å². The molecular formula is C12H14BrN3S2. The van der Waals surface area contributed by atoms with E-state index in [1.54, 1.807) is 23.1 Å². The van der Waals surface area contributed by atoms with E-state index in [0.29, 0.717) is 0 Å².